The lowest BCUT2D eigenvalue weighted by Gasteiger charge is -2.09. The fourth-order valence-electron chi connectivity index (χ4n) is 1.92. The third kappa shape index (κ3) is 3.57. The predicted molar refractivity (Wildman–Crippen MR) is 77.3 cm³/mol. The summed E-state index contributed by atoms with van der Waals surface area (Å²) in [6.45, 7) is 6.05. The van der Waals surface area contributed by atoms with Crippen LogP contribution in [0, 0.1) is 0 Å². The summed E-state index contributed by atoms with van der Waals surface area (Å²) < 4.78 is 10.9. The number of aromatic nitrogens is 2. The van der Waals surface area contributed by atoms with Crippen molar-refractivity contribution in [2.45, 2.75) is 45.8 Å². The zero-order valence-electron chi connectivity index (χ0n) is 12.2. The second kappa shape index (κ2) is 6.52. The summed E-state index contributed by atoms with van der Waals surface area (Å²) in [6.07, 6.45) is 1.96. The largest absolute Gasteiger partial charge is 0.491 e. The van der Waals surface area contributed by atoms with Crippen molar-refractivity contribution in [1.29, 1.82) is 0 Å². The zero-order chi connectivity index (χ0) is 14.5. The van der Waals surface area contributed by atoms with Crippen LogP contribution in [0.1, 0.15) is 45.5 Å². The van der Waals surface area contributed by atoms with Gasteiger partial charge in [-0.3, -0.25) is 0 Å². The van der Waals surface area contributed by atoms with Crippen LogP contribution in [0.2, 0.25) is 0 Å². The summed E-state index contributed by atoms with van der Waals surface area (Å²) in [7, 11) is 0. The number of hydrogen-bond acceptors (Lipinski definition) is 5. The molecule has 0 radical (unpaired) electrons. The molecule has 1 atom stereocenters. The number of benzene rings is 1. The van der Waals surface area contributed by atoms with Crippen molar-refractivity contribution in [1.82, 2.24) is 10.1 Å². The summed E-state index contributed by atoms with van der Waals surface area (Å²) in [4.78, 5) is 4.36. The highest BCUT2D eigenvalue weighted by atomic mass is 16.5. The Kier molecular flexibility index (Phi) is 4.74. The molecule has 1 aromatic carbocycles. The highest BCUT2D eigenvalue weighted by Crippen LogP contribution is 2.24. The van der Waals surface area contributed by atoms with Gasteiger partial charge in [-0.15, -0.1) is 0 Å². The topological polar surface area (TPSA) is 74.2 Å². The summed E-state index contributed by atoms with van der Waals surface area (Å²) in [5, 5.41) is 3.95. The monoisotopic (exact) mass is 275 g/mol. The molecule has 1 heterocycles. The van der Waals surface area contributed by atoms with Crippen LogP contribution >= 0.6 is 0 Å². The molecule has 0 aliphatic rings. The number of nitrogens with two attached hydrogens (primary N) is 1. The molecule has 108 valence electrons. The summed E-state index contributed by atoms with van der Waals surface area (Å²) in [6, 6.07) is 7.44. The van der Waals surface area contributed by atoms with Crippen molar-refractivity contribution in [2.24, 2.45) is 5.73 Å². The lowest BCUT2D eigenvalue weighted by molar-refractivity contribution is 0.242. The van der Waals surface area contributed by atoms with Crippen molar-refractivity contribution < 1.29 is 9.26 Å². The standard InChI is InChI=1S/C15H21N3O2/c1-4-6-13(16)14-17-15(20-18-14)11-7-5-8-12(9-11)19-10(2)3/h5,7-10,13H,4,6,16H2,1-3H3. The van der Waals surface area contributed by atoms with Gasteiger partial charge >= 0.3 is 0 Å². The van der Waals surface area contributed by atoms with Crippen molar-refractivity contribution in [2.75, 3.05) is 0 Å². The van der Waals surface area contributed by atoms with Crippen LogP contribution in [0.5, 0.6) is 5.75 Å². The van der Waals surface area contributed by atoms with E-state index < -0.39 is 0 Å². The summed E-state index contributed by atoms with van der Waals surface area (Å²) in [5.41, 5.74) is 6.82. The fraction of sp³-hybridized carbons (Fsp3) is 0.467. The van der Waals surface area contributed by atoms with Gasteiger partial charge in [-0.25, -0.2) is 0 Å². The maximum Gasteiger partial charge on any atom is 0.258 e. The number of ether oxygens (including phenoxy) is 1. The lowest BCUT2D eigenvalue weighted by Crippen LogP contribution is -2.11. The third-order valence-electron chi connectivity index (χ3n) is 2.83. The summed E-state index contributed by atoms with van der Waals surface area (Å²) >= 11 is 0. The number of hydrogen-bond donors (Lipinski definition) is 1. The van der Waals surface area contributed by atoms with Gasteiger partial charge in [-0.2, -0.15) is 4.98 Å². The Morgan fingerprint density at radius 1 is 1.35 bits per heavy atom. The first-order chi connectivity index (χ1) is 9.60. The van der Waals surface area contributed by atoms with E-state index in [0.717, 1.165) is 24.2 Å². The second-order valence-electron chi connectivity index (χ2n) is 5.05. The Hall–Kier alpha value is -1.88. The Morgan fingerprint density at radius 2 is 2.15 bits per heavy atom. The SMILES string of the molecule is CCCC(N)c1noc(-c2cccc(OC(C)C)c2)n1. The minimum Gasteiger partial charge on any atom is -0.491 e. The van der Waals surface area contributed by atoms with Gasteiger partial charge in [0, 0.05) is 5.56 Å². The van der Waals surface area contributed by atoms with E-state index in [-0.39, 0.29) is 12.1 Å². The molecule has 0 amide bonds. The van der Waals surface area contributed by atoms with Crippen LogP contribution < -0.4 is 10.5 Å². The second-order valence-corrected chi connectivity index (χ2v) is 5.05. The van der Waals surface area contributed by atoms with Crippen LogP contribution in [0.25, 0.3) is 11.5 Å². The van der Waals surface area contributed by atoms with E-state index in [1.807, 2.05) is 38.1 Å². The third-order valence-corrected chi connectivity index (χ3v) is 2.83. The summed E-state index contributed by atoms with van der Waals surface area (Å²) in [5.74, 6) is 1.81. The van der Waals surface area contributed by atoms with Gasteiger partial charge in [-0.1, -0.05) is 24.6 Å². The maximum absolute atomic E-state index is 5.98. The van der Waals surface area contributed by atoms with Gasteiger partial charge in [0.1, 0.15) is 5.75 Å². The quantitative estimate of drug-likeness (QED) is 0.875. The molecular formula is C15H21N3O2. The van der Waals surface area contributed by atoms with Crippen LogP contribution in [0.3, 0.4) is 0 Å². The highest BCUT2D eigenvalue weighted by molar-refractivity contribution is 5.55. The van der Waals surface area contributed by atoms with E-state index in [0.29, 0.717) is 11.7 Å². The Bertz CT molecular complexity index is 552. The minimum atomic E-state index is -0.174. The molecule has 0 aliphatic heterocycles. The van der Waals surface area contributed by atoms with Crippen LogP contribution in [-0.2, 0) is 0 Å². The van der Waals surface area contributed by atoms with Gasteiger partial charge in [0.05, 0.1) is 12.1 Å². The van der Waals surface area contributed by atoms with Crippen molar-refractivity contribution in [3.05, 3.63) is 30.1 Å². The molecule has 2 rings (SSSR count). The van der Waals surface area contributed by atoms with Gasteiger partial charge in [0.15, 0.2) is 5.82 Å². The molecule has 0 aliphatic carbocycles. The molecular weight excluding hydrogens is 254 g/mol. The molecule has 0 fully saturated rings. The molecule has 1 aromatic heterocycles. The molecule has 20 heavy (non-hydrogen) atoms. The Labute approximate surface area is 119 Å². The number of nitrogens with zero attached hydrogens (tertiary/aromatic N) is 2. The predicted octanol–water partition coefficient (Wildman–Crippen LogP) is 3.32. The van der Waals surface area contributed by atoms with Crippen LogP contribution in [0.4, 0.5) is 0 Å². The zero-order valence-corrected chi connectivity index (χ0v) is 12.2. The van der Waals surface area contributed by atoms with Crippen LogP contribution in [0.15, 0.2) is 28.8 Å². The smallest absolute Gasteiger partial charge is 0.258 e. The van der Waals surface area contributed by atoms with Gasteiger partial charge in [0.25, 0.3) is 5.89 Å². The molecule has 0 saturated carbocycles. The van der Waals surface area contributed by atoms with E-state index in [9.17, 15) is 0 Å². The minimum absolute atomic E-state index is 0.126. The molecule has 1 unspecified atom stereocenters. The molecule has 0 saturated heterocycles. The highest BCUT2D eigenvalue weighted by Gasteiger charge is 2.15. The Morgan fingerprint density at radius 3 is 2.85 bits per heavy atom. The first kappa shape index (κ1) is 14.5. The maximum atomic E-state index is 5.98. The van der Waals surface area contributed by atoms with E-state index in [2.05, 4.69) is 17.1 Å². The molecule has 5 heteroatoms. The van der Waals surface area contributed by atoms with E-state index in [4.69, 9.17) is 15.0 Å². The lowest BCUT2D eigenvalue weighted by atomic mass is 10.1. The first-order valence-corrected chi connectivity index (χ1v) is 6.96. The molecule has 2 N–H and O–H groups in total. The molecule has 2 aromatic rings. The van der Waals surface area contributed by atoms with Crippen molar-refractivity contribution in [3.63, 3.8) is 0 Å². The average Bonchev–Trinajstić information content (AvgIpc) is 2.88. The number of rotatable bonds is 6. The molecule has 0 spiro atoms. The normalized spacial score (nSPS) is 12.7. The van der Waals surface area contributed by atoms with E-state index in [1.165, 1.54) is 0 Å². The van der Waals surface area contributed by atoms with E-state index >= 15 is 0 Å². The van der Waals surface area contributed by atoms with Crippen LogP contribution in [-0.4, -0.2) is 16.2 Å². The molecule has 5 nitrogen and oxygen atoms in total. The van der Waals surface area contributed by atoms with Crippen molar-refractivity contribution >= 4 is 0 Å². The average molecular weight is 275 g/mol. The van der Waals surface area contributed by atoms with Gasteiger partial charge in [0.2, 0.25) is 0 Å². The Balaban J connectivity index is 2.19. The molecule has 0 bridgehead atoms. The van der Waals surface area contributed by atoms with Gasteiger partial charge in [-0.05, 0) is 38.5 Å². The van der Waals surface area contributed by atoms with Gasteiger partial charge < -0.3 is 15.0 Å². The van der Waals surface area contributed by atoms with Crippen molar-refractivity contribution in [3.8, 4) is 17.2 Å². The first-order valence-electron chi connectivity index (χ1n) is 6.96. The fourth-order valence-corrected chi connectivity index (χ4v) is 1.92. The van der Waals surface area contributed by atoms with E-state index in [1.54, 1.807) is 0 Å².